The van der Waals surface area contributed by atoms with Gasteiger partial charge in [-0.05, 0) is 17.7 Å². The van der Waals surface area contributed by atoms with Gasteiger partial charge >= 0.3 is 0 Å². The second-order valence-electron chi connectivity index (χ2n) is 3.43. The van der Waals surface area contributed by atoms with Crippen molar-refractivity contribution in [3.8, 4) is 0 Å². The third-order valence-electron chi connectivity index (χ3n) is 2.14. The lowest BCUT2D eigenvalue weighted by atomic mass is 10.2. The number of hydrogen-bond acceptors (Lipinski definition) is 4. The molecule has 0 atom stereocenters. The number of rotatable bonds is 4. The smallest absolute Gasteiger partial charge is 0.299 e. The van der Waals surface area contributed by atoms with Crippen LogP contribution in [0.15, 0.2) is 33.9 Å². The molecule has 0 amide bonds. The second-order valence-corrected chi connectivity index (χ2v) is 5.29. The van der Waals surface area contributed by atoms with Crippen LogP contribution in [0.25, 0.3) is 0 Å². The topological polar surface area (TPSA) is 56.7 Å². The van der Waals surface area contributed by atoms with Gasteiger partial charge in [-0.25, -0.2) is 13.5 Å². The lowest BCUT2D eigenvalue weighted by molar-refractivity contribution is 0.136. The third-order valence-corrected chi connectivity index (χ3v) is 3.65. The van der Waals surface area contributed by atoms with Gasteiger partial charge in [0.15, 0.2) is 0 Å². The molecular weight excluding hydrogens is 326 g/mol. The molecule has 0 saturated carbocycles. The van der Waals surface area contributed by atoms with Crippen molar-refractivity contribution >= 4 is 27.7 Å². The fraction of sp³-hybridized carbons (Fsp3) is 0.200. The Balaban J connectivity index is 2.07. The molecule has 1 aromatic carbocycles. The molecule has 2 rings (SSSR count). The minimum atomic E-state index is -2.72. The van der Waals surface area contributed by atoms with Gasteiger partial charge in [0.25, 0.3) is 6.43 Å². The molecule has 1 aromatic heterocycles. The van der Waals surface area contributed by atoms with Crippen molar-refractivity contribution in [3.05, 3.63) is 40.1 Å². The van der Waals surface area contributed by atoms with E-state index < -0.39 is 12.2 Å². The predicted molar refractivity (Wildman–Crippen MR) is 68.8 cm³/mol. The first-order valence-electron chi connectivity index (χ1n) is 4.93. The van der Waals surface area contributed by atoms with Gasteiger partial charge in [0.1, 0.15) is 0 Å². The molecule has 2 aromatic rings. The summed E-state index contributed by atoms with van der Waals surface area (Å²) < 4.78 is 26.7. The van der Waals surface area contributed by atoms with Crippen LogP contribution < -0.4 is 5.84 Å². The summed E-state index contributed by atoms with van der Waals surface area (Å²) >= 11 is 4.62. The maximum atomic E-state index is 12.4. The molecule has 0 radical (unpaired) electrons. The Labute approximate surface area is 115 Å². The lowest BCUT2D eigenvalue weighted by Crippen LogP contribution is -2.14. The van der Waals surface area contributed by atoms with Gasteiger partial charge in [-0.2, -0.15) is 0 Å². The van der Waals surface area contributed by atoms with Crippen LogP contribution in [-0.4, -0.2) is 14.9 Å². The monoisotopic (exact) mass is 334 g/mol. The van der Waals surface area contributed by atoms with Crippen molar-refractivity contribution in [2.75, 3.05) is 5.84 Å². The summed E-state index contributed by atoms with van der Waals surface area (Å²) in [5.41, 5.74) is 1.04. The number of nitrogens with zero attached hydrogens (tertiary/aromatic N) is 3. The number of nitrogen functional groups attached to an aromatic ring is 1. The van der Waals surface area contributed by atoms with Gasteiger partial charge in [0, 0.05) is 10.2 Å². The van der Waals surface area contributed by atoms with Crippen LogP contribution in [0.4, 0.5) is 8.78 Å². The van der Waals surface area contributed by atoms with E-state index in [1.54, 1.807) is 0 Å². The summed E-state index contributed by atoms with van der Waals surface area (Å²) in [5.74, 6) is 5.54. The number of hydrogen-bond donors (Lipinski definition) is 1. The predicted octanol–water partition coefficient (Wildman–Crippen LogP) is 2.98. The number of aromatic nitrogens is 3. The average molecular weight is 335 g/mol. The molecule has 18 heavy (non-hydrogen) atoms. The normalized spacial score (nSPS) is 11.1. The van der Waals surface area contributed by atoms with E-state index in [-0.39, 0.29) is 5.16 Å². The molecule has 1 heterocycles. The van der Waals surface area contributed by atoms with Crippen molar-refractivity contribution in [2.45, 2.75) is 17.3 Å². The van der Waals surface area contributed by atoms with E-state index in [4.69, 9.17) is 5.84 Å². The molecule has 0 aliphatic carbocycles. The fourth-order valence-corrected chi connectivity index (χ4v) is 2.56. The highest BCUT2D eigenvalue weighted by Crippen LogP contribution is 2.24. The molecule has 96 valence electrons. The highest BCUT2D eigenvalue weighted by Gasteiger charge is 2.18. The van der Waals surface area contributed by atoms with Crippen molar-refractivity contribution in [1.82, 2.24) is 14.9 Å². The lowest BCUT2D eigenvalue weighted by Gasteiger charge is -2.03. The Morgan fingerprint density at radius 3 is 2.78 bits per heavy atom. The van der Waals surface area contributed by atoms with Gasteiger partial charge in [0.05, 0.1) is 0 Å². The Kier molecular flexibility index (Phi) is 4.18. The van der Waals surface area contributed by atoms with Gasteiger partial charge in [0.2, 0.25) is 11.0 Å². The first-order chi connectivity index (χ1) is 8.58. The SMILES string of the molecule is Nn1c(SCc2cccc(Br)c2)nnc1C(F)F. The largest absolute Gasteiger partial charge is 0.335 e. The van der Waals surface area contributed by atoms with Crippen LogP contribution in [0, 0.1) is 0 Å². The zero-order valence-corrected chi connectivity index (χ0v) is 11.5. The van der Waals surface area contributed by atoms with Gasteiger partial charge in [-0.1, -0.05) is 39.8 Å². The summed E-state index contributed by atoms with van der Waals surface area (Å²) in [4.78, 5) is 0. The minimum absolute atomic E-state index is 0.269. The van der Waals surface area contributed by atoms with E-state index in [1.165, 1.54) is 11.8 Å². The first-order valence-corrected chi connectivity index (χ1v) is 6.71. The van der Waals surface area contributed by atoms with Gasteiger partial charge in [-0.15, -0.1) is 10.2 Å². The number of halogens is 3. The number of nitrogens with two attached hydrogens (primary N) is 1. The highest BCUT2D eigenvalue weighted by molar-refractivity contribution is 9.10. The van der Waals surface area contributed by atoms with Crippen LogP contribution in [0.1, 0.15) is 17.8 Å². The van der Waals surface area contributed by atoms with E-state index in [1.807, 2.05) is 24.3 Å². The molecule has 0 spiro atoms. The molecular formula is C10H9BrF2N4S. The maximum Gasteiger partial charge on any atom is 0.299 e. The highest BCUT2D eigenvalue weighted by atomic mass is 79.9. The molecule has 0 saturated heterocycles. The molecule has 0 aliphatic heterocycles. The number of alkyl halides is 2. The van der Waals surface area contributed by atoms with Crippen LogP contribution in [0.2, 0.25) is 0 Å². The molecule has 4 nitrogen and oxygen atoms in total. The van der Waals surface area contributed by atoms with E-state index in [9.17, 15) is 8.78 Å². The van der Waals surface area contributed by atoms with Crippen LogP contribution >= 0.6 is 27.7 Å². The number of thioether (sulfide) groups is 1. The molecule has 0 aliphatic rings. The molecule has 0 unspecified atom stereocenters. The summed E-state index contributed by atoms with van der Waals surface area (Å²) in [7, 11) is 0. The Hall–Kier alpha value is -1.15. The zero-order chi connectivity index (χ0) is 13.1. The minimum Gasteiger partial charge on any atom is -0.335 e. The molecule has 0 fully saturated rings. The van der Waals surface area contributed by atoms with E-state index in [0.717, 1.165) is 14.7 Å². The first kappa shape index (κ1) is 13.3. The standard InChI is InChI=1S/C10H9BrF2N4S/c11-7-3-1-2-6(4-7)5-18-10-16-15-9(8(12)13)17(10)14/h1-4,8H,5,14H2. The average Bonchev–Trinajstić information content (AvgIpc) is 2.68. The Morgan fingerprint density at radius 1 is 1.39 bits per heavy atom. The fourth-order valence-electron chi connectivity index (χ4n) is 1.31. The Morgan fingerprint density at radius 2 is 2.17 bits per heavy atom. The molecule has 0 bridgehead atoms. The molecule has 8 heteroatoms. The zero-order valence-electron chi connectivity index (χ0n) is 9.05. The van der Waals surface area contributed by atoms with E-state index >= 15 is 0 Å². The summed E-state index contributed by atoms with van der Waals surface area (Å²) in [6.07, 6.45) is -2.72. The molecule has 2 N–H and O–H groups in total. The van der Waals surface area contributed by atoms with Gasteiger partial charge in [-0.3, -0.25) is 0 Å². The maximum absolute atomic E-state index is 12.4. The van der Waals surface area contributed by atoms with E-state index in [0.29, 0.717) is 5.75 Å². The van der Waals surface area contributed by atoms with Crippen molar-refractivity contribution in [3.63, 3.8) is 0 Å². The van der Waals surface area contributed by atoms with Crippen molar-refractivity contribution in [1.29, 1.82) is 0 Å². The summed E-state index contributed by atoms with van der Waals surface area (Å²) in [6, 6.07) is 7.69. The van der Waals surface area contributed by atoms with Crippen LogP contribution in [0.5, 0.6) is 0 Å². The van der Waals surface area contributed by atoms with Crippen LogP contribution in [-0.2, 0) is 5.75 Å². The van der Waals surface area contributed by atoms with E-state index in [2.05, 4.69) is 26.1 Å². The summed E-state index contributed by atoms with van der Waals surface area (Å²) in [5, 5.41) is 7.26. The second kappa shape index (κ2) is 5.66. The Bertz CT molecular complexity index is 546. The number of benzene rings is 1. The summed E-state index contributed by atoms with van der Waals surface area (Å²) in [6.45, 7) is 0. The van der Waals surface area contributed by atoms with Crippen LogP contribution in [0.3, 0.4) is 0 Å². The van der Waals surface area contributed by atoms with Crippen molar-refractivity contribution < 1.29 is 8.78 Å². The quantitative estimate of drug-likeness (QED) is 0.689. The third kappa shape index (κ3) is 2.99. The van der Waals surface area contributed by atoms with Crippen molar-refractivity contribution in [2.24, 2.45) is 0 Å². The van der Waals surface area contributed by atoms with Gasteiger partial charge < -0.3 is 5.84 Å².